The van der Waals surface area contributed by atoms with Crippen LogP contribution in [0.2, 0.25) is 0 Å². The Hall–Kier alpha value is -1.76. The molecule has 0 saturated carbocycles. The van der Waals surface area contributed by atoms with E-state index in [0.717, 1.165) is 23.2 Å². The second-order valence-electron chi connectivity index (χ2n) is 7.02. The number of hydrogen-bond acceptors (Lipinski definition) is 5. The standard InChI is InChI=1S/C17H27N3O3S/c1-17(2,3)23-16(21)20-9-7-12-13(11-20)14(18)5-6-15(12)19-8-10-24(4)22/h5-6,19H,7-11,18H2,1-4H3. The number of benzene rings is 1. The molecule has 0 aliphatic carbocycles. The molecule has 2 rings (SSSR count). The molecule has 24 heavy (non-hydrogen) atoms. The van der Waals surface area contributed by atoms with Crippen molar-refractivity contribution in [2.24, 2.45) is 0 Å². The molecule has 0 saturated heterocycles. The smallest absolute Gasteiger partial charge is 0.410 e. The lowest BCUT2D eigenvalue weighted by Crippen LogP contribution is -2.40. The van der Waals surface area contributed by atoms with Crippen molar-refractivity contribution in [3.63, 3.8) is 0 Å². The number of nitrogens with zero attached hydrogens (tertiary/aromatic N) is 1. The predicted molar refractivity (Wildman–Crippen MR) is 98.6 cm³/mol. The third-order valence-corrected chi connectivity index (χ3v) is 4.58. The van der Waals surface area contributed by atoms with Gasteiger partial charge < -0.3 is 20.7 Å². The van der Waals surface area contributed by atoms with Crippen LogP contribution in [0.3, 0.4) is 0 Å². The Balaban J connectivity index is 2.13. The molecule has 1 aromatic rings. The fraction of sp³-hybridized carbons (Fsp3) is 0.588. The van der Waals surface area contributed by atoms with Gasteiger partial charge in [-0.2, -0.15) is 0 Å². The summed E-state index contributed by atoms with van der Waals surface area (Å²) < 4.78 is 16.7. The zero-order chi connectivity index (χ0) is 17.9. The highest BCUT2D eigenvalue weighted by Gasteiger charge is 2.27. The third kappa shape index (κ3) is 4.87. The minimum absolute atomic E-state index is 0.313. The maximum Gasteiger partial charge on any atom is 0.410 e. The van der Waals surface area contributed by atoms with Gasteiger partial charge in [-0.1, -0.05) is 0 Å². The van der Waals surface area contributed by atoms with E-state index in [4.69, 9.17) is 10.5 Å². The molecule has 3 N–H and O–H groups in total. The second kappa shape index (κ2) is 7.42. The van der Waals surface area contributed by atoms with Gasteiger partial charge in [0.05, 0.1) is 6.54 Å². The van der Waals surface area contributed by atoms with Crippen molar-refractivity contribution in [2.45, 2.75) is 39.3 Å². The fourth-order valence-corrected chi connectivity index (χ4v) is 3.07. The summed E-state index contributed by atoms with van der Waals surface area (Å²) in [5.74, 6) is 0.600. The predicted octanol–water partition coefficient (Wildman–Crippen LogP) is 2.35. The van der Waals surface area contributed by atoms with Crippen molar-refractivity contribution in [3.8, 4) is 0 Å². The van der Waals surface area contributed by atoms with E-state index in [1.807, 2.05) is 32.9 Å². The van der Waals surface area contributed by atoms with Crippen LogP contribution < -0.4 is 11.1 Å². The van der Waals surface area contributed by atoms with Crippen LogP contribution >= 0.6 is 0 Å². The second-order valence-corrected chi connectivity index (χ2v) is 8.57. The van der Waals surface area contributed by atoms with Gasteiger partial charge in [0.25, 0.3) is 0 Å². The largest absolute Gasteiger partial charge is 0.444 e. The molecular formula is C17H27N3O3S. The average molecular weight is 353 g/mol. The van der Waals surface area contributed by atoms with E-state index >= 15 is 0 Å². The molecule has 1 unspecified atom stereocenters. The molecule has 1 heterocycles. The number of carbonyl (C=O) groups is 1. The Morgan fingerprint density at radius 1 is 1.38 bits per heavy atom. The van der Waals surface area contributed by atoms with Crippen LogP contribution in [0, 0.1) is 0 Å². The van der Waals surface area contributed by atoms with Gasteiger partial charge in [-0.05, 0) is 50.5 Å². The molecule has 0 radical (unpaired) electrons. The van der Waals surface area contributed by atoms with Crippen LogP contribution in [0.1, 0.15) is 31.9 Å². The average Bonchev–Trinajstić information content (AvgIpc) is 2.47. The SMILES string of the molecule is CS(=O)CCNc1ccc(N)c2c1CCN(C(=O)OC(C)(C)C)C2. The highest BCUT2D eigenvalue weighted by molar-refractivity contribution is 7.84. The molecule has 1 aromatic carbocycles. The number of nitrogens with two attached hydrogens (primary N) is 1. The summed E-state index contributed by atoms with van der Waals surface area (Å²) in [6, 6.07) is 3.80. The number of nitrogen functional groups attached to an aromatic ring is 1. The van der Waals surface area contributed by atoms with Gasteiger partial charge in [-0.25, -0.2) is 4.79 Å². The van der Waals surface area contributed by atoms with Crippen molar-refractivity contribution in [1.82, 2.24) is 4.90 Å². The number of nitrogens with one attached hydrogen (secondary N) is 1. The Morgan fingerprint density at radius 3 is 2.71 bits per heavy atom. The molecule has 1 atom stereocenters. The van der Waals surface area contributed by atoms with E-state index < -0.39 is 16.4 Å². The first kappa shape index (κ1) is 18.6. The molecule has 134 valence electrons. The Morgan fingerprint density at radius 2 is 2.08 bits per heavy atom. The van der Waals surface area contributed by atoms with Crippen molar-refractivity contribution in [3.05, 3.63) is 23.3 Å². The number of rotatable bonds is 4. The summed E-state index contributed by atoms with van der Waals surface area (Å²) in [5, 5.41) is 3.33. The van der Waals surface area contributed by atoms with Gasteiger partial charge in [0.15, 0.2) is 0 Å². The minimum atomic E-state index is -0.824. The topological polar surface area (TPSA) is 84.7 Å². The summed E-state index contributed by atoms with van der Waals surface area (Å²) in [5.41, 5.74) is 9.40. The van der Waals surface area contributed by atoms with Gasteiger partial charge in [-0.3, -0.25) is 4.21 Å². The van der Waals surface area contributed by atoms with E-state index in [1.54, 1.807) is 11.2 Å². The normalized spacial score (nSPS) is 15.6. The lowest BCUT2D eigenvalue weighted by Gasteiger charge is -2.32. The lowest BCUT2D eigenvalue weighted by atomic mass is 9.96. The van der Waals surface area contributed by atoms with Crippen LogP contribution in [0.5, 0.6) is 0 Å². The fourth-order valence-electron chi connectivity index (χ4n) is 2.68. The zero-order valence-electron chi connectivity index (χ0n) is 14.8. The minimum Gasteiger partial charge on any atom is -0.444 e. The molecule has 0 aromatic heterocycles. The quantitative estimate of drug-likeness (QED) is 0.812. The van der Waals surface area contributed by atoms with E-state index in [2.05, 4.69) is 5.32 Å². The molecule has 0 spiro atoms. The molecule has 0 bridgehead atoms. The molecule has 1 amide bonds. The van der Waals surface area contributed by atoms with Gasteiger partial charge >= 0.3 is 6.09 Å². The molecule has 7 heteroatoms. The number of carbonyl (C=O) groups excluding carboxylic acids is 1. The Labute approximate surface area is 146 Å². The summed E-state index contributed by atoms with van der Waals surface area (Å²) in [7, 11) is -0.824. The maximum absolute atomic E-state index is 12.3. The number of ether oxygens (including phenoxy) is 1. The first-order valence-electron chi connectivity index (χ1n) is 8.09. The molecule has 1 aliphatic rings. The molecule has 1 aliphatic heterocycles. The van der Waals surface area contributed by atoms with Gasteiger partial charge in [0.2, 0.25) is 0 Å². The number of fused-ring (bicyclic) bond motifs is 1. The number of anilines is 2. The molecule has 0 fully saturated rings. The number of hydrogen-bond donors (Lipinski definition) is 2. The van der Waals surface area contributed by atoms with Crippen LogP contribution in [0.15, 0.2) is 12.1 Å². The van der Waals surface area contributed by atoms with Gasteiger partial charge in [0.1, 0.15) is 5.60 Å². The van der Waals surface area contributed by atoms with Crippen molar-refractivity contribution in [1.29, 1.82) is 0 Å². The molecular weight excluding hydrogens is 326 g/mol. The van der Waals surface area contributed by atoms with Crippen LogP contribution in [0.25, 0.3) is 0 Å². The monoisotopic (exact) mass is 353 g/mol. The Kier molecular flexibility index (Phi) is 5.74. The summed E-state index contributed by atoms with van der Waals surface area (Å²) in [6.45, 7) is 7.27. The molecule has 6 nitrogen and oxygen atoms in total. The van der Waals surface area contributed by atoms with Crippen molar-refractivity contribution >= 4 is 28.3 Å². The van der Waals surface area contributed by atoms with E-state index in [-0.39, 0.29) is 6.09 Å². The van der Waals surface area contributed by atoms with E-state index in [0.29, 0.717) is 31.1 Å². The lowest BCUT2D eigenvalue weighted by molar-refractivity contribution is 0.0224. The summed E-state index contributed by atoms with van der Waals surface area (Å²) >= 11 is 0. The highest BCUT2D eigenvalue weighted by atomic mass is 32.2. The first-order valence-corrected chi connectivity index (χ1v) is 9.82. The van der Waals surface area contributed by atoms with Crippen molar-refractivity contribution in [2.75, 3.05) is 36.1 Å². The summed E-state index contributed by atoms with van der Waals surface area (Å²) in [4.78, 5) is 14.0. The van der Waals surface area contributed by atoms with Gasteiger partial charge in [-0.15, -0.1) is 0 Å². The van der Waals surface area contributed by atoms with Gasteiger partial charge in [0, 0.05) is 47.3 Å². The van der Waals surface area contributed by atoms with Crippen molar-refractivity contribution < 1.29 is 13.7 Å². The number of amides is 1. The Bertz CT molecular complexity index is 641. The third-order valence-electron chi connectivity index (χ3n) is 3.80. The van der Waals surface area contributed by atoms with Crippen LogP contribution in [-0.4, -0.2) is 45.9 Å². The van der Waals surface area contributed by atoms with E-state index in [1.165, 1.54) is 0 Å². The van der Waals surface area contributed by atoms with E-state index in [9.17, 15) is 9.00 Å². The highest BCUT2D eigenvalue weighted by Crippen LogP contribution is 2.31. The van der Waals surface area contributed by atoms with Crippen LogP contribution in [-0.2, 0) is 28.5 Å². The summed E-state index contributed by atoms with van der Waals surface area (Å²) in [6.07, 6.45) is 2.10. The van der Waals surface area contributed by atoms with Crippen LogP contribution in [0.4, 0.5) is 16.2 Å². The zero-order valence-corrected chi connectivity index (χ0v) is 15.7. The first-order chi connectivity index (χ1) is 11.2. The maximum atomic E-state index is 12.3.